The van der Waals surface area contributed by atoms with Crippen LogP contribution in [-0.4, -0.2) is 36.6 Å². The van der Waals surface area contributed by atoms with E-state index in [0.29, 0.717) is 5.41 Å². The van der Waals surface area contributed by atoms with E-state index in [1.807, 2.05) is 0 Å². The molecule has 2 unspecified atom stereocenters. The van der Waals surface area contributed by atoms with Crippen LogP contribution in [0.1, 0.15) is 40.0 Å². The van der Waals surface area contributed by atoms with Crippen molar-refractivity contribution in [3.63, 3.8) is 0 Å². The molecule has 0 aromatic heterocycles. The van der Waals surface area contributed by atoms with Gasteiger partial charge in [0, 0.05) is 31.7 Å². The van der Waals surface area contributed by atoms with Gasteiger partial charge in [-0.05, 0) is 25.2 Å². The second-order valence-corrected chi connectivity index (χ2v) is 5.69. The average Bonchev–Trinajstić information content (AvgIpc) is 2.46. The van der Waals surface area contributed by atoms with Gasteiger partial charge in [-0.1, -0.05) is 20.3 Å². The maximum atomic E-state index is 3.47. The van der Waals surface area contributed by atoms with Crippen LogP contribution >= 0.6 is 0 Å². The van der Waals surface area contributed by atoms with E-state index in [-0.39, 0.29) is 0 Å². The topological polar surface area (TPSA) is 15.3 Å². The molecule has 2 atom stereocenters. The van der Waals surface area contributed by atoms with Gasteiger partial charge in [0.25, 0.3) is 0 Å². The maximum Gasteiger partial charge on any atom is 0.0196 e. The Labute approximate surface area is 88.1 Å². The zero-order chi connectivity index (χ0) is 10.2. The molecule has 0 radical (unpaired) electrons. The zero-order valence-electron chi connectivity index (χ0n) is 9.84. The van der Waals surface area contributed by atoms with Crippen LogP contribution in [0.4, 0.5) is 0 Å². The van der Waals surface area contributed by atoms with Gasteiger partial charge in [0.1, 0.15) is 0 Å². The minimum Gasteiger partial charge on any atom is -0.314 e. The molecule has 0 amide bonds. The minimum atomic E-state index is 0.547. The van der Waals surface area contributed by atoms with Crippen molar-refractivity contribution >= 4 is 0 Å². The van der Waals surface area contributed by atoms with Crippen LogP contribution in [-0.2, 0) is 0 Å². The van der Waals surface area contributed by atoms with E-state index < -0.39 is 0 Å². The van der Waals surface area contributed by atoms with Gasteiger partial charge in [-0.2, -0.15) is 0 Å². The van der Waals surface area contributed by atoms with Crippen LogP contribution < -0.4 is 5.32 Å². The van der Waals surface area contributed by atoms with Crippen LogP contribution in [0.5, 0.6) is 0 Å². The van der Waals surface area contributed by atoms with Crippen LogP contribution in [0.15, 0.2) is 0 Å². The number of hydrogen-bond acceptors (Lipinski definition) is 2. The molecule has 1 heterocycles. The summed E-state index contributed by atoms with van der Waals surface area (Å²) >= 11 is 0. The highest BCUT2D eigenvalue weighted by Gasteiger charge is 2.40. The first kappa shape index (κ1) is 10.4. The van der Waals surface area contributed by atoms with Crippen LogP contribution in [0.25, 0.3) is 0 Å². The van der Waals surface area contributed by atoms with Crippen molar-refractivity contribution in [3.05, 3.63) is 0 Å². The predicted octanol–water partition coefficient (Wildman–Crippen LogP) is 1.86. The summed E-state index contributed by atoms with van der Waals surface area (Å²) in [5.41, 5.74) is 0.547. The summed E-state index contributed by atoms with van der Waals surface area (Å²) in [6.45, 7) is 10.8. The lowest BCUT2D eigenvalue weighted by molar-refractivity contribution is 0.0598. The highest BCUT2D eigenvalue weighted by atomic mass is 15.2. The summed E-state index contributed by atoms with van der Waals surface area (Å²) < 4.78 is 0. The Morgan fingerprint density at radius 2 is 2.14 bits per heavy atom. The van der Waals surface area contributed by atoms with Gasteiger partial charge in [-0.15, -0.1) is 0 Å². The highest BCUT2D eigenvalue weighted by molar-refractivity contribution is 4.95. The Bertz CT molecular complexity index is 200. The van der Waals surface area contributed by atoms with E-state index in [0.717, 1.165) is 12.1 Å². The molecule has 1 aliphatic carbocycles. The zero-order valence-corrected chi connectivity index (χ0v) is 9.84. The summed E-state index contributed by atoms with van der Waals surface area (Å²) in [6.07, 6.45) is 4.25. The van der Waals surface area contributed by atoms with E-state index in [9.17, 15) is 0 Å². The molecule has 1 saturated carbocycles. The highest BCUT2D eigenvalue weighted by Crippen LogP contribution is 2.41. The number of nitrogens with zero attached hydrogens (tertiary/aromatic N) is 1. The van der Waals surface area contributed by atoms with Crippen LogP contribution in [0, 0.1) is 5.41 Å². The Morgan fingerprint density at radius 1 is 1.36 bits per heavy atom. The molecule has 2 nitrogen and oxygen atoms in total. The number of hydrogen-bond donors (Lipinski definition) is 1. The van der Waals surface area contributed by atoms with Gasteiger partial charge < -0.3 is 5.32 Å². The fourth-order valence-corrected chi connectivity index (χ4v) is 3.24. The maximum absolute atomic E-state index is 3.47. The van der Waals surface area contributed by atoms with Crippen LogP contribution in [0.3, 0.4) is 0 Å². The average molecular weight is 196 g/mol. The van der Waals surface area contributed by atoms with E-state index in [4.69, 9.17) is 0 Å². The molecule has 1 aliphatic heterocycles. The second kappa shape index (κ2) is 3.82. The van der Waals surface area contributed by atoms with E-state index in [1.54, 1.807) is 0 Å². The quantitative estimate of drug-likeness (QED) is 0.688. The second-order valence-electron chi connectivity index (χ2n) is 5.69. The standard InChI is InChI=1S/C12H24N2/c1-10-9-13-7-8-14(10)11-5-4-6-12(11,2)3/h10-11,13H,4-9H2,1-3H3. The molecule has 1 N–H and O–H groups in total. The summed E-state index contributed by atoms with van der Waals surface area (Å²) in [7, 11) is 0. The van der Waals surface area contributed by atoms with Gasteiger partial charge in [0.15, 0.2) is 0 Å². The SMILES string of the molecule is CC1CNCCN1C1CCCC1(C)C. The molecular formula is C12H24N2. The third-order valence-electron chi connectivity index (χ3n) is 4.15. The lowest BCUT2D eigenvalue weighted by Crippen LogP contribution is -2.56. The van der Waals surface area contributed by atoms with E-state index in [1.165, 1.54) is 38.9 Å². The third kappa shape index (κ3) is 1.82. The first-order valence-electron chi connectivity index (χ1n) is 6.08. The minimum absolute atomic E-state index is 0.547. The van der Waals surface area contributed by atoms with Crippen molar-refractivity contribution < 1.29 is 0 Å². The molecule has 1 saturated heterocycles. The van der Waals surface area contributed by atoms with Crippen molar-refractivity contribution in [1.82, 2.24) is 10.2 Å². The lowest BCUT2D eigenvalue weighted by atomic mass is 9.85. The van der Waals surface area contributed by atoms with Gasteiger partial charge in [0.05, 0.1) is 0 Å². The number of nitrogens with one attached hydrogen (secondary N) is 1. The monoisotopic (exact) mass is 196 g/mol. The fraction of sp³-hybridized carbons (Fsp3) is 1.00. The van der Waals surface area contributed by atoms with Crippen molar-refractivity contribution in [2.45, 2.75) is 52.1 Å². The van der Waals surface area contributed by atoms with Gasteiger partial charge >= 0.3 is 0 Å². The Balaban J connectivity index is 2.05. The molecule has 2 aliphatic rings. The predicted molar refractivity (Wildman–Crippen MR) is 60.5 cm³/mol. The normalized spacial score (nSPS) is 38.8. The molecule has 0 aromatic carbocycles. The first-order valence-corrected chi connectivity index (χ1v) is 6.08. The Morgan fingerprint density at radius 3 is 2.71 bits per heavy atom. The Hall–Kier alpha value is -0.0800. The van der Waals surface area contributed by atoms with Crippen molar-refractivity contribution in [1.29, 1.82) is 0 Å². The fourth-order valence-electron chi connectivity index (χ4n) is 3.24. The summed E-state index contributed by atoms with van der Waals surface area (Å²) in [6, 6.07) is 1.56. The Kier molecular flexibility index (Phi) is 2.85. The van der Waals surface area contributed by atoms with Crippen molar-refractivity contribution in [2.75, 3.05) is 19.6 Å². The van der Waals surface area contributed by atoms with Gasteiger partial charge in [0.2, 0.25) is 0 Å². The molecule has 0 bridgehead atoms. The first-order chi connectivity index (χ1) is 6.61. The van der Waals surface area contributed by atoms with Crippen molar-refractivity contribution in [2.24, 2.45) is 5.41 Å². The molecule has 0 aromatic rings. The number of rotatable bonds is 1. The molecular weight excluding hydrogens is 172 g/mol. The molecule has 14 heavy (non-hydrogen) atoms. The molecule has 0 spiro atoms. The molecule has 2 fully saturated rings. The van der Waals surface area contributed by atoms with Gasteiger partial charge in [-0.25, -0.2) is 0 Å². The molecule has 2 heteroatoms. The van der Waals surface area contributed by atoms with Gasteiger partial charge in [-0.3, -0.25) is 4.90 Å². The molecule has 2 rings (SSSR count). The van der Waals surface area contributed by atoms with Crippen molar-refractivity contribution in [3.8, 4) is 0 Å². The smallest absolute Gasteiger partial charge is 0.0196 e. The largest absolute Gasteiger partial charge is 0.314 e. The van der Waals surface area contributed by atoms with Crippen LogP contribution in [0.2, 0.25) is 0 Å². The van der Waals surface area contributed by atoms with E-state index in [2.05, 4.69) is 31.0 Å². The number of piperazine rings is 1. The summed E-state index contributed by atoms with van der Waals surface area (Å²) in [5.74, 6) is 0. The summed E-state index contributed by atoms with van der Waals surface area (Å²) in [5, 5.41) is 3.47. The summed E-state index contributed by atoms with van der Waals surface area (Å²) in [4.78, 5) is 2.74. The molecule has 82 valence electrons. The van der Waals surface area contributed by atoms with E-state index >= 15 is 0 Å². The third-order valence-corrected chi connectivity index (χ3v) is 4.15. The lowest BCUT2D eigenvalue weighted by Gasteiger charge is -2.44.